The monoisotopic (exact) mass is 273 g/mol. The van der Waals surface area contributed by atoms with E-state index in [9.17, 15) is 5.11 Å². The molecule has 0 amide bonds. The lowest BCUT2D eigenvalue weighted by Gasteiger charge is -2.33. The topological polar surface area (TPSA) is 38.7 Å². The average Bonchev–Trinajstić information content (AvgIpc) is 2.40. The second kappa shape index (κ2) is 10.6. The Bertz CT molecular complexity index is 206. The summed E-state index contributed by atoms with van der Waals surface area (Å²) in [7, 11) is 6.39. The number of nitrogens with one attached hydrogen (secondary N) is 1. The molecular formula is C15H35N3O. The van der Waals surface area contributed by atoms with Crippen LogP contribution < -0.4 is 5.32 Å². The van der Waals surface area contributed by atoms with E-state index in [4.69, 9.17) is 0 Å². The number of aliphatic hydroxyl groups is 1. The Morgan fingerprint density at radius 2 is 1.74 bits per heavy atom. The van der Waals surface area contributed by atoms with Crippen molar-refractivity contribution in [3.8, 4) is 0 Å². The van der Waals surface area contributed by atoms with Crippen molar-refractivity contribution in [3.05, 3.63) is 0 Å². The third-order valence-electron chi connectivity index (χ3n) is 3.85. The van der Waals surface area contributed by atoms with Crippen molar-refractivity contribution in [2.75, 3.05) is 53.9 Å². The normalized spacial score (nSPS) is 15.2. The van der Waals surface area contributed by atoms with Crippen LogP contribution in [0, 0.1) is 0 Å². The van der Waals surface area contributed by atoms with Gasteiger partial charge in [-0.15, -0.1) is 0 Å². The van der Waals surface area contributed by atoms with Crippen molar-refractivity contribution in [2.24, 2.45) is 0 Å². The van der Waals surface area contributed by atoms with Gasteiger partial charge in [-0.1, -0.05) is 13.8 Å². The smallest absolute Gasteiger partial charge is 0.0613 e. The van der Waals surface area contributed by atoms with Crippen LogP contribution in [0.1, 0.15) is 39.5 Å². The van der Waals surface area contributed by atoms with Crippen molar-refractivity contribution >= 4 is 0 Å². The van der Waals surface area contributed by atoms with Gasteiger partial charge in [0.1, 0.15) is 0 Å². The third kappa shape index (κ3) is 8.58. The first-order valence-corrected chi connectivity index (χ1v) is 7.68. The van der Waals surface area contributed by atoms with Crippen molar-refractivity contribution in [3.63, 3.8) is 0 Å². The minimum Gasteiger partial charge on any atom is -0.394 e. The summed E-state index contributed by atoms with van der Waals surface area (Å²) in [6.07, 6.45) is 4.29. The van der Waals surface area contributed by atoms with Crippen LogP contribution in [0.25, 0.3) is 0 Å². The summed E-state index contributed by atoms with van der Waals surface area (Å²) in [6.45, 7) is 8.87. The van der Waals surface area contributed by atoms with Crippen LogP contribution in [0.15, 0.2) is 0 Å². The summed E-state index contributed by atoms with van der Waals surface area (Å²) in [5.74, 6) is 0. The maximum Gasteiger partial charge on any atom is 0.0613 e. The van der Waals surface area contributed by atoms with Crippen molar-refractivity contribution in [1.82, 2.24) is 15.1 Å². The zero-order valence-electron chi connectivity index (χ0n) is 13.7. The molecule has 2 N–H and O–H groups in total. The van der Waals surface area contributed by atoms with E-state index in [0.29, 0.717) is 0 Å². The molecule has 4 heteroatoms. The quantitative estimate of drug-likeness (QED) is 0.564. The van der Waals surface area contributed by atoms with Crippen LogP contribution >= 0.6 is 0 Å². The zero-order chi connectivity index (χ0) is 14.7. The van der Waals surface area contributed by atoms with Crippen molar-refractivity contribution in [2.45, 2.75) is 45.1 Å². The molecule has 0 aliphatic carbocycles. The van der Waals surface area contributed by atoms with Crippen LogP contribution in [-0.2, 0) is 0 Å². The summed E-state index contributed by atoms with van der Waals surface area (Å²) >= 11 is 0. The molecule has 0 saturated carbocycles. The Balaban J connectivity index is 3.97. The van der Waals surface area contributed by atoms with Crippen LogP contribution in [-0.4, -0.2) is 74.4 Å². The first-order chi connectivity index (χ1) is 8.99. The molecule has 0 aliphatic rings. The maximum absolute atomic E-state index is 9.66. The Hall–Kier alpha value is -0.160. The highest BCUT2D eigenvalue weighted by Crippen LogP contribution is 2.17. The van der Waals surface area contributed by atoms with Crippen molar-refractivity contribution < 1.29 is 5.11 Å². The van der Waals surface area contributed by atoms with Crippen LogP contribution in [0.2, 0.25) is 0 Å². The number of hydrogen-bond donors (Lipinski definition) is 2. The molecule has 0 rings (SSSR count). The lowest BCUT2D eigenvalue weighted by Crippen LogP contribution is -2.48. The molecule has 19 heavy (non-hydrogen) atoms. The van der Waals surface area contributed by atoms with E-state index in [-0.39, 0.29) is 12.1 Å². The highest BCUT2D eigenvalue weighted by atomic mass is 16.3. The lowest BCUT2D eigenvalue weighted by molar-refractivity contribution is 0.139. The van der Waals surface area contributed by atoms with Gasteiger partial charge < -0.3 is 20.2 Å². The Morgan fingerprint density at radius 1 is 1.05 bits per heavy atom. The Kier molecular flexibility index (Phi) is 10.5. The molecule has 4 nitrogen and oxygen atoms in total. The van der Waals surface area contributed by atoms with Crippen LogP contribution in [0.4, 0.5) is 0 Å². The van der Waals surface area contributed by atoms with E-state index in [1.807, 2.05) is 0 Å². The zero-order valence-corrected chi connectivity index (χ0v) is 13.7. The summed E-state index contributed by atoms with van der Waals surface area (Å²) in [5, 5.41) is 13.2. The third-order valence-corrected chi connectivity index (χ3v) is 3.85. The van der Waals surface area contributed by atoms with Gasteiger partial charge in [-0.05, 0) is 59.9 Å². The fourth-order valence-electron chi connectivity index (χ4n) is 2.20. The number of nitrogens with zero attached hydrogens (tertiary/aromatic N) is 2. The van der Waals surface area contributed by atoms with Crippen LogP contribution in [0.5, 0.6) is 0 Å². The first-order valence-electron chi connectivity index (χ1n) is 7.68. The highest BCUT2D eigenvalue weighted by Gasteiger charge is 2.25. The van der Waals surface area contributed by atoms with E-state index in [2.05, 4.69) is 50.1 Å². The van der Waals surface area contributed by atoms with Gasteiger partial charge in [-0.25, -0.2) is 0 Å². The second-order valence-electron chi connectivity index (χ2n) is 5.93. The highest BCUT2D eigenvalue weighted by molar-refractivity contribution is 4.86. The standard InChI is InChI=1S/C15H35N3O/c1-6-10-16-15(7-2,14-19)9-8-11-18(5)13-12-17(3)4/h16,19H,6-14H2,1-5H3. The molecule has 0 spiro atoms. The molecule has 0 radical (unpaired) electrons. The molecule has 0 bridgehead atoms. The largest absolute Gasteiger partial charge is 0.394 e. The Morgan fingerprint density at radius 3 is 2.21 bits per heavy atom. The molecule has 1 atom stereocenters. The summed E-state index contributed by atoms with van der Waals surface area (Å²) in [4.78, 5) is 4.58. The fourth-order valence-corrected chi connectivity index (χ4v) is 2.20. The van der Waals surface area contributed by atoms with E-state index in [1.54, 1.807) is 0 Å². The summed E-state index contributed by atoms with van der Waals surface area (Å²) < 4.78 is 0. The molecule has 0 heterocycles. The minimum absolute atomic E-state index is 0.0710. The lowest BCUT2D eigenvalue weighted by atomic mass is 9.91. The minimum atomic E-state index is -0.0710. The van der Waals surface area contributed by atoms with E-state index >= 15 is 0 Å². The van der Waals surface area contributed by atoms with Gasteiger partial charge in [0.15, 0.2) is 0 Å². The molecule has 0 saturated heterocycles. The number of rotatable bonds is 12. The van der Waals surface area contributed by atoms with Crippen molar-refractivity contribution in [1.29, 1.82) is 0 Å². The predicted octanol–water partition coefficient (Wildman–Crippen LogP) is 1.40. The molecule has 0 fully saturated rings. The molecule has 1 unspecified atom stereocenters. The molecule has 0 aromatic carbocycles. The van der Waals surface area contributed by atoms with Gasteiger partial charge in [0.05, 0.1) is 6.61 Å². The SMILES string of the molecule is CCCNC(CC)(CO)CCCN(C)CCN(C)C. The maximum atomic E-state index is 9.66. The number of likely N-dealkylation sites (N-methyl/N-ethyl adjacent to an activating group) is 2. The average molecular weight is 273 g/mol. The van der Waals surface area contributed by atoms with Crippen LogP contribution in [0.3, 0.4) is 0 Å². The summed E-state index contributed by atoms with van der Waals surface area (Å²) in [5.41, 5.74) is -0.0710. The van der Waals surface area contributed by atoms with E-state index < -0.39 is 0 Å². The molecule has 0 aromatic heterocycles. The van der Waals surface area contributed by atoms with Gasteiger partial charge in [0.2, 0.25) is 0 Å². The Labute approximate surface area is 120 Å². The predicted molar refractivity (Wildman–Crippen MR) is 83.7 cm³/mol. The van der Waals surface area contributed by atoms with Gasteiger partial charge in [-0.3, -0.25) is 0 Å². The van der Waals surface area contributed by atoms with Gasteiger partial charge in [-0.2, -0.15) is 0 Å². The summed E-state index contributed by atoms with van der Waals surface area (Å²) in [6, 6.07) is 0. The van der Waals surface area contributed by atoms with E-state index in [0.717, 1.165) is 51.9 Å². The molecular weight excluding hydrogens is 238 g/mol. The number of aliphatic hydroxyl groups excluding tert-OH is 1. The van der Waals surface area contributed by atoms with Gasteiger partial charge in [0.25, 0.3) is 0 Å². The van der Waals surface area contributed by atoms with E-state index in [1.165, 1.54) is 0 Å². The fraction of sp³-hybridized carbons (Fsp3) is 1.00. The molecule has 0 aromatic rings. The van der Waals surface area contributed by atoms with Gasteiger partial charge in [0, 0.05) is 18.6 Å². The second-order valence-corrected chi connectivity index (χ2v) is 5.93. The molecule has 116 valence electrons. The number of hydrogen-bond acceptors (Lipinski definition) is 4. The molecule has 0 aliphatic heterocycles. The first kappa shape index (κ1) is 18.8. The van der Waals surface area contributed by atoms with Gasteiger partial charge >= 0.3 is 0 Å².